The smallest absolute Gasteiger partial charge is 0.164 e. The summed E-state index contributed by atoms with van der Waals surface area (Å²) in [5.74, 6) is 0.286. The number of para-hydroxylation sites is 1. The fraction of sp³-hybridized carbons (Fsp3) is 0.451. The molecule has 0 saturated carbocycles. The van der Waals surface area contributed by atoms with Crippen LogP contribution >= 0.6 is 0 Å². The number of rotatable bonds is 9. The third kappa shape index (κ3) is 9.00. The van der Waals surface area contributed by atoms with Gasteiger partial charge in [-0.2, -0.15) is 0 Å². The molecule has 56 heavy (non-hydrogen) atoms. The molecule has 0 fully saturated rings. The summed E-state index contributed by atoms with van der Waals surface area (Å²) in [6, 6.07) is 25.6. The molecule has 0 aliphatic rings. The summed E-state index contributed by atoms with van der Waals surface area (Å²) >= 11 is 0. The molecule has 0 spiro atoms. The Labute approximate surface area is 349 Å². The van der Waals surface area contributed by atoms with Crippen molar-refractivity contribution in [2.45, 2.75) is 134 Å². The molecule has 6 rings (SSSR count). The first-order chi connectivity index (χ1) is 25.7. The molecule has 1 N–H and O–H groups in total. The van der Waals surface area contributed by atoms with E-state index in [0.29, 0.717) is 0 Å². The Balaban J connectivity index is 0.000000330. The first-order valence-corrected chi connectivity index (χ1v) is 20.4. The molecule has 4 nitrogen and oxygen atoms in total. The van der Waals surface area contributed by atoms with Crippen LogP contribution in [0.1, 0.15) is 131 Å². The number of aliphatic hydroxyl groups excluding tert-OH is 1. The first-order valence-electron chi connectivity index (χ1n) is 20.4. The van der Waals surface area contributed by atoms with Crippen molar-refractivity contribution in [2.75, 3.05) is 0 Å². The molecule has 4 aromatic carbocycles. The number of aliphatic hydroxyl groups is 1. The topological polar surface area (TPSA) is 63.3 Å². The maximum atomic E-state index is 12.2. The predicted molar refractivity (Wildman–Crippen MR) is 235 cm³/mol. The van der Waals surface area contributed by atoms with Crippen molar-refractivity contribution < 1.29 is 34.4 Å². The van der Waals surface area contributed by atoms with Crippen LogP contribution in [0.25, 0.3) is 54.9 Å². The zero-order chi connectivity index (χ0) is 40.7. The van der Waals surface area contributed by atoms with Crippen LogP contribution in [0.2, 0.25) is 0 Å². The van der Waals surface area contributed by atoms with Gasteiger partial charge in [-0.15, -0.1) is 29.1 Å². The van der Waals surface area contributed by atoms with Gasteiger partial charge in [-0.05, 0) is 79.5 Å². The minimum absolute atomic E-state index is 0. The normalized spacial score (nSPS) is 12.9. The number of carbonyl (C=O) groups is 1. The van der Waals surface area contributed by atoms with Gasteiger partial charge in [0.05, 0.1) is 5.52 Å². The fourth-order valence-electron chi connectivity index (χ4n) is 7.66. The molecule has 0 aliphatic carbocycles. The van der Waals surface area contributed by atoms with Crippen LogP contribution in [0.4, 0.5) is 0 Å². The predicted octanol–water partition coefficient (Wildman–Crippen LogP) is 14.9. The van der Waals surface area contributed by atoms with Gasteiger partial charge < -0.3 is 9.52 Å². The molecule has 6 aromatic rings. The second kappa shape index (κ2) is 17.0. The van der Waals surface area contributed by atoms with Crippen LogP contribution in [-0.2, 0) is 36.7 Å². The summed E-state index contributed by atoms with van der Waals surface area (Å²) in [5.41, 5.74) is 9.31. The molecule has 0 bridgehead atoms. The fourth-order valence-corrected chi connectivity index (χ4v) is 7.66. The Morgan fingerprint density at radius 2 is 1.38 bits per heavy atom. The summed E-state index contributed by atoms with van der Waals surface area (Å²) in [5, 5.41) is 15.8. The number of furan rings is 1. The van der Waals surface area contributed by atoms with Crippen molar-refractivity contribution in [1.82, 2.24) is 4.98 Å². The van der Waals surface area contributed by atoms with E-state index in [-0.39, 0.29) is 53.3 Å². The number of fused-ring (bicyclic) bond motifs is 6. The van der Waals surface area contributed by atoms with Crippen LogP contribution < -0.4 is 0 Å². The number of carbonyl (C=O) groups excluding carboxylic acids is 1. The van der Waals surface area contributed by atoms with Gasteiger partial charge in [0.2, 0.25) is 0 Å². The summed E-state index contributed by atoms with van der Waals surface area (Å²) in [7, 11) is 0. The number of hydrogen-bond acceptors (Lipinski definition) is 4. The minimum atomic E-state index is -0.337. The van der Waals surface area contributed by atoms with E-state index in [9.17, 15) is 9.90 Å². The zero-order valence-electron chi connectivity index (χ0n) is 36.4. The number of pyridine rings is 1. The number of benzene rings is 4. The average molecular weight is 931 g/mol. The third-order valence-electron chi connectivity index (χ3n) is 12.1. The van der Waals surface area contributed by atoms with E-state index in [4.69, 9.17) is 9.40 Å². The largest absolute Gasteiger partial charge is 0.512 e. The van der Waals surface area contributed by atoms with Gasteiger partial charge in [0.25, 0.3) is 0 Å². The molecular formula is C51H64IrNO3-. The monoisotopic (exact) mass is 931 g/mol. The number of aryl methyl sites for hydroxylation is 2. The van der Waals surface area contributed by atoms with E-state index in [1.54, 1.807) is 0 Å². The van der Waals surface area contributed by atoms with Gasteiger partial charge in [0, 0.05) is 58.9 Å². The van der Waals surface area contributed by atoms with Crippen LogP contribution in [0.3, 0.4) is 0 Å². The van der Waals surface area contributed by atoms with Gasteiger partial charge >= 0.3 is 0 Å². The Bertz CT molecular complexity index is 2390. The zero-order valence-corrected chi connectivity index (χ0v) is 38.8. The standard InChI is InChI=1S/C36H36NO.C15H28O2.Ir/c1-21-16-22(2)30-29(17-21)37-32(25-18-23-12-9-10-14-26(23)28(19-25)36(6,7)8)31-27-15-11-13-24(20-35(3,4)5)33(27)38-34(30)31;1-7-14(5,8-2)12(16)11-13(17)15(6,9-3)10-4;/h9-17,19H,20H2,1-8H3;11,16H,7-10H2,1-6H3;/q-1;;/b;12-11-;. The van der Waals surface area contributed by atoms with Crippen LogP contribution in [0.15, 0.2) is 76.9 Å². The molecular weight excluding hydrogens is 867 g/mol. The van der Waals surface area contributed by atoms with Gasteiger partial charge in [-0.3, -0.25) is 9.78 Å². The third-order valence-corrected chi connectivity index (χ3v) is 12.1. The second-order valence-electron chi connectivity index (χ2n) is 18.6. The molecule has 301 valence electrons. The first kappa shape index (κ1) is 44.9. The Morgan fingerprint density at radius 1 is 0.768 bits per heavy atom. The van der Waals surface area contributed by atoms with E-state index < -0.39 is 0 Å². The van der Waals surface area contributed by atoms with E-state index >= 15 is 0 Å². The number of allylic oxidation sites excluding steroid dienone is 2. The quantitative estimate of drug-likeness (QED) is 0.0891. The van der Waals surface area contributed by atoms with Crippen molar-refractivity contribution in [3.05, 3.63) is 101 Å². The summed E-state index contributed by atoms with van der Waals surface area (Å²) < 4.78 is 6.86. The molecule has 2 aromatic heterocycles. The number of nitrogens with zero attached hydrogens (tertiary/aromatic N) is 1. The molecule has 0 aliphatic heterocycles. The molecule has 0 amide bonds. The van der Waals surface area contributed by atoms with Gasteiger partial charge in [0.15, 0.2) is 5.78 Å². The van der Waals surface area contributed by atoms with Crippen molar-refractivity contribution in [3.63, 3.8) is 0 Å². The maximum absolute atomic E-state index is 12.2. The van der Waals surface area contributed by atoms with Crippen LogP contribution in [0, 0.1) is 36.2 Å². The number of hydrogen-bond donors (Lipinski definition) is 1. The number of aromatic nitrogens is 1. The molecule has 0 unspecified atom stereocenters. The van der Waals surface area contributed by atoms with Gasteiger partial charge in [0.1, 0.15) is 16.9 Å². The van der Waals surface area contributed by atoms with Crippen molar-refractivity contribution in [1.29, 1.82) is 0 Å². The minimum Gasteiger partial charge on any atom is -0.512 e. The van der Waals surface area contributed by atoms with E-state index in [2.05, 4.69) is 122 Å². The molecule has 5 heteroatoms. The van der Waals surface area contributed by atoms with Crippen molar-refractivity contribution in [2.24, 2.45) is 16.2 Å². The SMILES string of the molecule is CCC(C)(CC)C(=O)/C=C(\O)C(C)(CC)CC.Cc1cc(C)c2c(c1)nc(-c1[c-]c3ccccc3c(C(C)(C)C)c1)c1c3cccc(CC(C)(C)C)c3oc21.[Ir]. The Kier molecular flexibility index (Phi) is 13.6. The van der Waals surface area contributed by atoms with Crippen LogP contribution in [0.5, 0.6) is 0 Å². The average Bonchev–Trinajstić information content (AvgIpc) is 3.52. The van der Waals surface area contributed by atoms with Gasteiger partial charge in [-0.25, -0.2) is 0 Å². The molecule has 0 saturated heterocycles. The Hall–Kier alpha value is -3.79. The molecule has 1 radical (unpaired) electrons. The van der Waals surface area contributed by atoms with E-state index in [1.807, 2.05) is 41.5 Å². The van der Waals surface area contributed by atoms with E-state index in [1.165, 1.54) is 33.7 Å². The van der Waals surface area contributed by atoms with E-state index in [0.717, 1.165) is 81.6 Å². The summed E-state index contributed by atoms with van der Waals surface area (Å²) in [4.78, 5) is 17.5. The van der Waals surface area contributed by atoms with Crippen molar-refractivity contribution >= 4 is 49.4 Å². The maximum Gasteiger partial charge on any atom is 0.164 e. The second-order valence-corrected chi connectivity index (χ2v) is 18.6. The van der Waals surface area contributed by atoms with Crippen LogP contribution in [-0.4, -0.2) is 15.9 Å². The molecule has 0 atom stereocenters. The number of ketones is 1. The van der Waals surface area contributed by atoms with Crippen molar-refractivity contribution in [3.8, 4) is 11.3 Å². The van der Waals surface area contributed by atoms with Gasteiger partial charge in [-0.1, -0.05) is 136 Å². The summed E-state index contributed by atoms with van der Waals surface area (Å²) in [6.07, 6.45) is 5.70. The molecule has 2 heterocycles. The summed E-state index contributed by atoms with van der Waals surface area (Å²) in [6.45, 7) is 30.1. The Morgan fingerprint density at radius 3 is 1.96 bits per heavy atom.